The van der Waals surface area contributed by atoms with Crippen LogP contribution in [0.15, 0.2) is 42.5 Å². The number of hydrogen-bond acceptors (Lipinski definition) is 1. The van der Waals surface area contributed by atoms with Gasteiger partial charge >= 0.3 is 6.92 Å². The van der Waals surface area contributed by atoms with Gasteiger partial charge in [-0.05, 0) is 35.5 Å². The van der Waals surface area contributed by atoms with Crippen LogP contribution in [0.5, 0.6) is 0 Å². The summed E-state index contributed by atoms with van der Waals surface area (Å²) in [4.78, 5) is 0. The molecule has 3 rings (SSSR count). The van der Waals surface area contributed by atoms with E-state index in [4.69, 9.17) is 16.3 Å². The fourth-order valence-electron chi connectivity index (χ4n) is 2.33. The zero-order valence-electron chi connectivity index (χ0n) is 9.61. The van der Waals surface area contributed by atoms with Crippen molar-refractivity contribution >= 4 is 29.4 Å². The summed E-state index contributed by atoms with van der Waals surface area (Å²) < 4.78 is 5.86. The topological polar surface area (TPSA) is 9.23 Å². The molecule has 0 aromatic heterocycles. The molecule has 0 spiro atoms. The van der Waals surface area contributed by atoms with Gasteiger partial charge in [-0.1, -0.05) is 47.5 Å². The van der Waals surface area contributed by atoms with E-state index in [-0.39, 0.29) is 6.92 Å². The number of rotatable bonds is 1. The van der Waals surface area contributed by atoms with E-state index in [0.717, 1.165) is 5.02 Å². The highest BCUT2D eigenvalue weighted by atomic mass is 35.5. The molecule has 2 aromatic rings. The first-order valence-electron chi connectivity index (χ1n) is 5.70. The monoisotopic (exact) mass is 242 g/mol. The van der Waals surface area contributed by atoms with Crippen molar-refractivity contribution in [2.45, 2.75) is 13.5 Å². The first-order valence-corrected chi connectivity index (χ1v) is 6.08. The van der Waals surface area contributed by atoms with Crippen LogP contribution in [-0.2, 0) is 11.3 Å². The van der Waals surface area contributed by atoms with E-state index in [1.165, 1.54) is 22.1 Å². The summed E-state index contributed by atoms with van der Waals surface area (Å²) in [5, 5.41) is 0.775. The second-order valence-electron chi connectivity index (χ2n) is 4.45. The van der Waals surface area contributed by atoms with Gasteiger partial charge in [-0.15, -0.1) is 0 Å². The number of aryl methyl sites for hydroxylation is 1. The zero-order chi connectivity index (χ0) is 11.8. The molecule has 0 bridgehead atoms. The SMILES string of the molecule is Cc1cccc(B2OCc3cc(Cl)ccc32)c1. The lowest BCUT2D eigenvalue weighted by Crippen LogP contribution is -2.41. The Morgan fingerprint density at radius 2 is 2.06 bits per heavy atom. The molecule has 17 heavy (non-hydrogen) atoms. The van der Waals surface area contributed by atoms with Crippen molar-refractivity contribution in [1.29, 1.82) is 0 Å². The van der Waals surface area contributed by atoms with Crippen LogP contribution >= 0.6 is 11.6 Å². The Morgan fingerprint density at radius 3 is 2.88 bits per heavy atom. The van der Waals surface area contributed by atoms with Crippen LogP contribution < -0.4 is 10.9 Å². The van der Waals surface area contributed by atoms with E-state index in [0.29, 0.717) is 6.61 Å². The van der Waals surface area contributed by atoms with Gasteiger partial charge in [0.05, 0.1) is 6.61 Å². The molecular formula is C14H12BClO. The summed E-state index contributed by atoms with van der Waals surface area (Å²) in [6.45, 7) is 2.80. The Morgan fingerprint density at radius 1 is 1.18 bits per heavy atom. The molecule has 0 fully saturated rings. The van der Waals surface area contributed by atoms with Gasteiger partial charge in [-0.3, -0.25) is 0 Å². The van der Waals surface area contributed by atoms with Crippen LogP contribution in [0.4, 0.5) is 0 Å². The number of benzene rings is 2. The normalized spacial score (nSPS) is 13.9. The molecule has 84 valence electrons. The molecule has 0 aliphatic carbocycles. The molecule has 0 amide bonds. The van der Waals surface area contributed by atoms with Gasteiger partial charge in [0.2, 0.25) is 0 Å². The van der Waals surface area contributed by atoms with Crippen molar-refractivity contribution in [2.75, 3.05) is 0 Å². The maximum atomic E-state index is 5.99. The smallest absolute Gasteiger partial charge is 0.362 e. The van der Waals surface area contributed by atoms with Crippen molar-refractivity contribution in [3.05, 3.63) is 58.6 Å². The molecular weight excluding hydrogens is 230 g/mol. The van der Waals surface area contributed by atoms with Crippen molar-refractivity contribution in [3.8, 4) is 0 Å². The van der Waals surface area contributed by atoms with Crippen LogP contribution in [0.25, 0.3) is 0 Å². The molecule has 0 saturated heterocycles. The molecule has 0 saturated carbocycles. The van der Waals surface area contributed by atoms with Gasteiger partial charge in [-0.25, -0.2) is 0 Å². The van der Waals surface area contributed by atoms with E-state index >= 15 is 0 Å². The van der Waals surface area contributed by atoms with Gasteiger partial charge in [0.15, 0.2) is 0 Å². The Kier molecular flexibility index (Phi) is 2.69. The van der Waals surface area contributed by atoms with Crippen LogP contribution in [0.3, 0.4) is 0 Å². The summed E-state index contributed by atoms with van der Waals surface area (Å²) in [7, 11) is 0. The lowest BCUT2D eigenvalue weighted by molar-refractivity contribution is 0.337. The lowest BCUT2D eigenvalue weighted by Gasteiger charge is -2.08. The van der Waals surface area contributed by atoms with Gasteiger partial charge in [0.25, 0.3) is 0 Å². The third kappa shape index (κ3) is 1.99. The van der Waals surface area contributed by atoms with Crippen molar-refractivity contribution in [1.82, 2.24) is 0 Å². The summed E-state index contributed by atoms with van der Waals surface area (Å²) in [5.41, 5.74) is 4.91. The van der Waals surface area contributed by atoms with Crippen molar-refractivity contribution in [3.63, 3.8) is 0 Å². The zero-order valence-corrected chi connectivity index (χ0v) is 10.4. The summed E-state index contributed by atoms with van der Waals surface area (Å²) in [6.07, 6.45) is 0. The maximum absolute atomic E-state index is 5.99. The first kappa shape index (κ1) is 10.9. The van der Waals surface area contributed by atoms with Crippen LogP contribution in [0.2, 0.25) is 5.02 Å². The van der Waals surface area contributed by atoms with E-state index in [1.54, 1.807) is 0 Å². The second-order valence-corrected chi connectivity index (χ2v) is 4.88. The number of hydrogen-bond donors (Lipinski definition) is 0. The van der Waals surface area contributed by atoms with Crippen LogP contribution in [-0.4, -0.2) is 6.92 Å². The Balaban J connectivity index is 2.04. The highest BCUT2D eigenvalue weighted by molar-refractivity contribution is 6.81. The minimum Gasteiger partial charge on any atom is -0.423 e. The molecule has 3 heteroatoms. The van der Waals surface area contributed by atoms with Gasteiger partial charge in [0, 0.05) is 5.02 Å². The Labute approximate surface area is 106 Å². The third-order valence-electron chi connectivity index (χ3n) is 3.14. The van der Waals surface area contributed by atoms with Gasteiger partial charge in [-0.2, -0.15) is 0 Å². The molecule has 0 unspecified atom stereocenters. The number of halogens is 1. The van der Waals surface area contributed by atoms with Crippen molar-refractivity contribution < 1.29 is 4.65 Å². The van der Waals surface area contributed by atoms with Gasteiger partial charge in [0.1, 0.15) is 0 Å². The van der Waals surface area contributed by atoms with E-state index in [1.807, 2.05) is 12.1 Å². The first-order chi connectivity index (χ1) is 8.24. The third-order valence-corrected chi connectivity index (χ3v) is 3.37. The highest BCUT2D eigenvalue weighted by Gasteiger charge is 2.29. The average Bonchev–Trinajstić information content (AvgIpc) is 2.71. The largest absolute Gasteiger partial charge is 0.423 e. The molecule has 0 radical (unpaired) electrons. The standard InChI is InChI=1S/C14H12BClO/c1-10-3-2-4-12(7-10)15-14-6-5-13(16)8-11(14)9-17-15/h2-8H,9H2,1H3. The quantitative estimate of drug-likeness (QED) is 0.697. The fourth-order valence-corrected chi connectivity index (χ4v) is 2.52. The van der Waals surface area contributed by atoms with Crippen molar-refractivity contribution in [2.24, 2.45) is 0 Å². The predicted octanol–water partition coefficient (Wildman–Crippen LogP) is 2.28. The second kappa shape index (κ2) is 4.21. The summed E-state index contributed by atoms with van der Waals surface area (Å²) in [6, 6.07) is 14.4. The van der Waals surface area contributed by atoms with Gasteiger partial charge < -0.3 is 4.65 Å². The minimum atomic E-state index is 0.0576. The molecule has 1 aliphatic rings. The molecule has 1 nitrogen and oxygen atoms in total. The lowest BCUT2D eigenvalue weighted by atomic mass is 9.56. The summed E-state index contributed by atoms with van der Waals surface area (Å²) in [5.74, 6) is 0. The average molecular weight is 243 g/mol. The Hall–Kier alpha value is -1.25. The van der Waals surface area contributed by atoms with Crippen LogP contribution in [0.1, 0.15) is 11.1 Å². The predicted molar refractivity (Wildman–Crippen MR) is 72.4 cm³/mol. The van der Waals surface area contributed by atoms with Crippen LogP contribution in [0, 0.1) is 6.92 Å². The highest BCUT2D eigenvalue weighted by Crippen LogP contribution is 2.16. The summed E-state index contributed by atoms with van der Waals surface area (Å²) >= 11 is 5.99. The number of fused-ring (bicyclic) bond motifs is 1. The maximum Gasteiger partial charge on any atom is 0.362 e. The molecule has 1 heterocycles. The molecule has 0 N–H and O–H groups in total. The molecule has 1 aliphatic heterocycles. The Bertz CT molecular complexity index is 568. The fraction of sp³-hybridized carbons (Fsp3) is 0.143. The minimum absolute atomic E-state index is 0.0576. The molecule has 0 atom stereocenters. The van der Waals surface area contributed by atoms with E-state index < -0.39 is 0 Å². The van der Waals surface area contributed by atoms with E-state index in [2.05, 4.69) is 37.3 Å². The van der Waals surface area contributed by atoms with E-state index in [9.17, 15) is 0 Å². The molecule has 2 aromatic carbocycles.